The van der Waals surface area contributed by atoms with E-state index < -0.39 is 41.1 Å². The zero-order valence-corrected chi connectivity index (χ0v) is 13.8. The van der Waals surface area contributed by atoms with Crippen LogP contribution in [0.4, 0.5) is 13.2 Å². The highest BCUT2D eigenvalue weighted by atomic mass is 32.1. The Morgan fingerprint density at radius 2 is 2.21 bits per heavy atom. The van der Waals surface area contributed by atoms with Crippen molar-refractivity contribution in [2.24, 2.45) is 0 Å². The average molecular weight is 365 g/mol. The van der Waals surface area contributed by atoms with E-state index >= 15 is 0 Å². The van der Waals surface area contributed by atoms with Gasteiger partial charge in [-0.15, -0.1) is 11.3 Å². The molecule has 1 aromatic heterocycles. The molecule has 0 radical (unpaired) electrons. The van der Waals surface area contributed by atoms with E-state index in [1.807, 2.05) is 0 Å². The molecule has 1 aliphatic rings. The Balaban J connectivity index is 2.14. The minimum atomic E-state index is -5.07. The van der Waals surface area contributed by atoms with E-state index in [0.717, 1.165) is 6.42 Å². The minimum absolute atomic E-state index is 0.321. The van der Waals surface area contributed by atoms with Crippen molar-refractivity contribution in [1.82, 2.24) is 15.6 Å². The van der Waals surface area contributed by atoms with Gasteiger partial charge in [-0.25, -0.2) is 4.98 Å². The number of amides is 2. The lowest BCUT2D eigenvalue weighted by Crippen LogP contribution is -2.50. The average Bonchev–Trinajstić information content (AvgIpc) is 2.81. The van der Waals surface area contributed by atoms with Crippen LogP contribution in [-0.2, 0) is 15.2 Å². The molecule has 0 bridgehead atoms. The maximum atomic E-state index is 13.3. The summed E-state index contributed by atoms with van der Waals surface area (Å²) in [5.41, 5.74) is -3.06. The largest absolute Gasteiger partial charge is 0.424 e. The molecule has 6 nitrogen and oxygen atoms in total. The van der Waals surface area contributed by atoms with Crippen molar-refractivity contribution in [3.8, 4) is 0 Å². The number of carbonyl (C=O) groups is 2. The molecule has 2 amide bonds. The maximum absolute atomic E-state index is 13.3. The van der Waals surface area contributed by atoms with Crippen molar-refractivity contribution in [3.05, 3.63) is 16.1 Å². The number of hydrogen-bond acceptors (Lipinski definition) is 5. The number of rotatable bonds is 4. The molecule has 10 heteroatoms. The van der Waals surface area contributed by atoms with E-state index in [1.165, 1.54) is 12.3 Å². The van der Waals surface area contributed by atoms with Crippen molar-refractivity contribution in [1.29, 1.82) is 0 Å². The molecule has 1 fully saturated rings. The first kappa shape index (κ1) is 18.7. The second-order valence-corrected chi connectivity index (χ2v) is 6.59. The normalized spacial score (nSPS) is 21.5. The monoisotopic (exact) mass is 365 g/mol. The molecule has 0 aromatic carbocycles. The number of halogens is 3. The standard InChI is InChI=1S/C14H18F3N3O3S/c1-8-7-24-12(19-8)13(23,14(15,16)17)6-10(21)20-9-4-2-3-5-18-11(9)22/h7,9,23H,2-6H2,1H3,(H,18,22)(H,20,21)/t9-,13+/m0/s1. The summed E-state index contributed by atoms with van der Waals surface area (Å²) in [6.45, 7) is 1.96. The molecule has 0 spiro atoms. The highest BCUT2D eigenvalue weighted by Crippen LogP contribution is 2.42. The molecule has 0 unspecified atom stereocenters. The van der Waals surface area contributed by atoms with Gasteiger partial charge in [0.15, 0.2) is 0 Å². The Kier molecular flexibility index (Phi) is 5.49. The molecule has 1 aliphatic heterocycles. The highest BCUT2D eigenvalue weighted by Gasteiger charge is 2.58. The first-order valence-corrected chi connectivity index (χ1v) is 8.30. The number of nitrogens with zero attached hydrogens (tertiary/aromatic N) is 1. The number of aliphatic hydroxyl groups is 1. The molecular formula is C14H18F3N3O3S. The van der Waals surface area contributed by atoms with Gasteiger partial charge in [0.05, 0.1) is 6.42 Å². The van der Waals surface area contributed by atoms with E-state index in [1.54, 1.807) is 0 Å². The molecule has 24 heavy (non-hydrogen) atoms. The van der Waals surface area contributed by atoms with Gasteiger partial charge in [0.2, 0.25) is 17.4 Å². The number of carbonyl (C=O) groups excluding carboxylic acids is 2. The van der Waals surface area contributed by atoms with Crippen LogP contribution in [0.15, 0.2) is 5.38 Å². The lowest BCUT2D eigenvalue weighted by Gasteiger charge is -2.28. The first-order valence-electron chi connectivity index (χ1n) is 7.42. The van der Waals surface area contributed by atoms with Crippen LogP contribution in [0.5, 0.6) is 0 Å². The Hall–Kier alpha value is -1.68. The van der Waals surface area contributed by atoms with Crippen molar-refractivity contribution in [2.75, 3.05) is 6.54 Å². The Morgan fingerprint density at radius 1 is 1.50 bits per heavy atom. The summed E-state index contributed by atoms with van der Waals surface area (Å²) in [5.74, 6) is -1.48. The fourth-order valence-electron chi connectivity index (χ4n) is 2.40. The van der Waals surface area contributed by atoms with Gasteiger partial charge in [-0.3, -0.25) is 9.59 Å². The third kappa shape index (κ3) is 4.04. The van der Waals surface area contributed by atoms with Crippen LogP contribution in [-0.4, -0.2) is 40.7 Å². The molecule has 2 rings (SSSR count). The zero-order valence-electron chi connectivity index (χ0n) is 12.9. The van der Waals surface area contributed by atoms with Crippen LogP contribution in [0, 0.1) is 6.92 Å². The Morgan fingerprint density at radius 3 is 2.79 bits per heavy atom. The number of thiazole rings is 1. The summed E-state index contributed by atoms with van der Waals surface area (Å²) in [6, 6.07) is -0.893. The fourth-order valence-corrected chi connectivity index (χ4v) is 3.31. The van der Waals surface area contributed by atoms with Crippen LogP contribution < -0.4 is 10.6 Å². The van der Waals surface area contributed by atoms with Gasteiger partial charge in [-0.2, -0.15) is 13.2 Å². The number of aryl methyl sites for hydroxylation is 1. The SMILES string of the molecule is Cc1csc([C@](O)(CC(=O)N[C@H]2CCCCNC2=O)C(F)(F)F)n1. The lowest BCUT2D eigenvalue weighted by molar-refractivity contribution is -0.267. The van der Waals surface area contributed by atoms with E-state index in [2.05, 4.69) is 15.6 Å². The van der Waals surface area contributed by atoms with Crippen LogP contribution in [0.25, 0.3) is 0 Å². The number of aromatic nitrogens is 1. The summed E-state index contributed by atoms with van der Waals surface area (Å²) >= 11 is 0.635. The van der Waals surface area contributed by atoms with Crippen molar-refractivity contribution >= 4 is 23.2 Å². The maximum Gasteiger partial charge on any atom is 0.424 e. The van der Waals surface area contributed by atoms with Gasteiger partial charge >= 0.3 is 6.18 Å². The minimum Gasteiger partial charge on any atom is -0.374 e. The van der Waals surface area contributed by atoms with Gasteiger partial charge in [0, 0.05) is 17.6 Å². The van der Waals surface area contributed by atoms with Crippen molar-refractivity contribution in [2.45, 2.75) is 50.4 Å². The predicted molar refractivity (Wildman–Crippen MR) is 80.2 cm³/mol. The number of nitrogens with one attached hydrogen (secondary N) is 2. The second kappa shape index (κ2) is 7.06. The molecular weight excluding hydrogens is 347 g/mol. The van der Waals surface area contributed by atoms with Crippen molar-refractivity contribution in [3.63, 3.8) is 0 Å². The van der Waals surface area contributed by atoms with Gasteiger partial charge < -0.3 is 15.7 Å². The third-order valence-electron chi connectivity index (χ3n) is 3.73. The van der Waals surface area contributed by atoms with E-state index in [4.69, 9.17) is 0 Å². The lowest BCUT2D eigenvalue weighted by atomic mass is 9.98. The molecule has 0 saturated carbocycles. The first-order chi connectivity index (χ1) is 11.1. The molecule has 2 atom stereocenters. The molecule has 134 valence electrons. The summed E-state index contributed by atoms with van der Waals surface area (Å²) in [7, 11) is 0. The van der Waals surface area contributed by atoms with Crippen molar-refractivity contribution < 1.29 is 27.9 Å². The highest BCUT2D eigenvalue weighted by molar-refractivity contribution is 7.09. The third-order valence-corrected chi connectivity index (χ3v) is 4.84. The van der Waals surface area contributed by atoms with E-state index in [9.17, 15) is 27.9 Å². The van der Waals surface area contributed by atoms with Gasteiger partial charge in [0.1, 0.15) is 11.0 Å². The summed E-state index contributed by atoms with van der Waals surface area (Å²) < 4.78 is 40.0. The fraction of sp³-hybridized carbons (Fsp3) is 0.643. The van der Waals surface area contributed by atoms with Crippen LogP contribution in [0.3, 0.4) is 0 Å². The molecule has 1 saturated heterocycles. The number of alkyl halides is 3. The van der Waals surface area contributed by atoms with Crippen LogP contribution in [0.1, 0.15) is 36.4 Å². The quantitative estimate of drug-likeness (QED) is 0.752. The zero-order chi connectivity index (χ0) is 18.0. The Bertz CT molecular complexity index is 620. The summed E-state index contributed by atoms with van der Waals surface area (Å²) in [6.07, 6.45) is -4.56. The van der Waals surface area contributed by atoms with Crippen LogP contribution in [0.2, 0.25) is 0 Å². The van der Waals surface area contributed by atoms with E-state index in [-0.39, 0.29) is 0 Å². The topological polar surface area (TPSA) is 91.3 Å². The molecule has 0 aliphatic carbocycles. The summed E-state index contributed by atoms with van der Waals surface area (Å²) in [5, 5.41) is 15.7. The molecule has 2 heterocycles. The summed E-state index contributed by atoms with van der Waals surface area (Å²) in [4.78, 5) is 27.5. The molecule has 1 aromatic rings. The second-order valence-electron chi connectivity index (χ2n) is 5.74. The van der Waals surface area contributed by atoms with Gasteiger partial charge in [0.25, 0.3) is 0 Å². The molecule has 3 N–H and O–H groups in total. The Labute approximate surface area is 140 Å². The number of hydrogen-bond donors (Lipinski definition) is 3. The smallest absolute Gasteiger partial charge is 0.374 e. The van der Waals surface area contributed by atoms with Gasteiger partial charge in [-0.1, -0.05) is 0 Å². The van der Waals surface area contributed by atoms with Crippen LogP contribution >= 0.6 is 11.3 Å². The predicted octanol–water partition coefficient (Wildman–Crippen LogP) is 1.38. The van der Waals surface area contributed by atoms with Gasteiger partial charge in [-0.05, 0) is 26.2 Å². The van der Waals surface area contributed by atoms with E-state index in [0.29, 0.717) is 36.4 Å².